The maximum absolute atomic E-state index is 10.6. The van der Waals surface area contributed by atoms with E-state index in [1.54, 1.807) is 24.3 Å². The molecule has 0 atom stereocenters. The van der Waals surface area contributed by atoms with Gasteiger partial charge in [-0.3, -0.25) is 0 Å². The Hall–Kier alpha value is -1.55. The summed E-state index contributed by atoms with van der Waals surface area (Å²) in [5.41, 5.74) is 3.69. The Bertz CT molecular complexity index is 378. The van der Waals surface area contributed by atoms with Crippen LogP contribution in [0.25, 0.3) is 0 Å². The van der Waals surface area contributed by atoms with Crippen LogP contribution < -0.4 is 4.74 Å². The summed E-state index contributed by atoms with van der Waals surface area (Å²) >= 11 is 0. The van der Waals surface area contributed by atoms with Crippen LogP contribution in [0.5, 0.6) is 5.75 Å². The third-order valence-corrected chi connectivity index (χ3v) is 2.91. The van der Waals surface area contributed by atoms with Crippen molar-refractivity contribution in [2.45, 2.75) is 13.8 Å². The van der Waals surface area contributed by atoms with E-state index in [9.17, 15) is 4.79 Å². The lowest BCUT2D eigenvalue weighted by Gasteiger charge is -2.04. The Morgan fingerprint density at radius 2 is 2.00 bits per heavy atom. The number of rotatable bonds is 5. The number of carboxylic acid groups (broad SMARTS) is 1. The monoisotopic (exact) mass is 234 g/mol. The molecule has 0 heterocycles. The summed E-state index contributed by atoms with van der Waals surface area (Å²) < 4.78 is 5.47. The van der Waals surface area contributed by atoms with Gasteiger partial charge in [-0.05, 0) is 38.1 Å². The van der Waals surface area contributed by atoms with E-state index in [0.717, 1.165) is 0 Å². The number of aromatic carboxylic acids is 1. The number of carbonyl (C=O) groups is 1. The van der Waals surface area contributed by atoms with Crippen LogP contribution in [0, 0.1) is 0 Å². The van der Waals surface area contributed by atoms with Gasteiger partial charge in [-0.15, -0.1) is 0 Å². The van der Waals surface area contributed by atoms with E-state index in [0.29, 0.717) is 21.5 Å². The van der Waals surface area contributed by atoms with Gasteiger partial charge in [-0.1, -0.05) is 11.3 Å². The predicted octanol–water partition coefficient (Wildman–Crippen LogP) is 2.35. The standard InChI is InChI=1S/C12H14O3Si/c1-9(2)7-16-8-15-11-5-3-10(4-6-11)12(13)14/h3-7H,8H2,1-2H3,(H,13,14). The fourth-order valence-electron chi connectivity index (χ4n) is 1.06. The van der Waals surface area contributed by atoms with Gasteiger partial charge in [0.15, 0.2) is 0 Å². The van der Waals surface area contributed by atoms with Crippen molar-refractivity contribution in [2.75, 3.05) is 6.23 Å². The molecule has 0 saturated carbocycles. The molecule has 0 unspecified atom stereocenters. The zero-order valence-corrected chi connectivity index (χ0v) is 10.4. The second-order valence-corrected chi connectivity index (χ2v) is 4.53. The summed E-state index contributed by atoms with van der Waals surface area (Å²) in [5, 5.41) is 8.70. The largest absolute Gasteiger partial charge is 0.497 e. The lowest BCUT2D eigenvalue weighted by Crippen LogP contribution is -2.05. The SMILES string of the molecule is CC(C)=C[Si]COc1ccc(C(=O)O)cc1. The van der Waals surface area contributed by atoms with Gasteiger partial charge in [0.05, 0.1) is 11.8 Å². The van der Waals surface area contributed by atoms with Crippen LogP contribution in [-0.2, 0) is 0 Å². The van der Waals surface area contributed by atoms with Gasteiger partial charge in [0.1, 0.15) is 15.3 Å². The van der Waals surface area contributed by atoms with Crippen molar-refractivity contribution in [3.8, 4) is 5.75 Å². The highest BCUT2D eigenvalue weighted by Gasteiger charge is 2.01. The molecule has 1 rings (SSSR count). The molecule has 84 valence electrons. The predicted molar refractivity (Wildman–Crippen MR) is 64.1 cm³/mol. The molecule has 0 spiro atoms. The van der Waals surface area contributed by atoms with E-state index in [1.165, 1.54) is 5.57 Å². The molecular formula is C12H14O3Si. The van der Waals surface area contributed by atoms with Crippen molar-refractivity contribution in [2.24, 2.45) is 0 Å². The molecular weight excluding hydrogens is 220 g/mol. The number of hydrogen-bond donors (Lipinski definition) is 1. The Kier molecular flexibility index (Phi) is 4.79. The van der Waals surface area contributed by atoms with Crippen LogP contribution in [0.1, 0.15) is 24.2 Å². The maximum atomic E-state index is 10.6. The van der Waals surface area contributed by atoms with E-state index in [-0.39, 0.29) is 5.56 Å². The van der Waals surface area contributed by atoms with Crippen molar-refractivity contribution < 1.29 is 14.6 Å². The van der Waals surface area contributed by atoms with Crippen molar-refractivity contribution in [3.05, 3.63) is 41.1 Å². The summed E-state index contributed by atoms with van der Waals surface area (Å²) in [6.45, 7) is 4.10. The van der Waals surface area contributed by atoms with Gasteiger partial charge in [0.2, 0.25) is 0 Å². The van der Waals surface area contributed by atoms with Gasteiger partial charge in [0, 0.05) is 0 Å². The topological polar surface area (TPSA) is 46.5 Å². The van der Waals surface area contributed by atoms with Crippen LogP contribution in [0.4, 0.5) is 0 Å². The number of ether oxygens (including phenoxy) is 1. The number of hydrogen-bond acceptors (Lipinski definition) is 2. The van der Waals surface area contributed by atoms with Crippen molar-refractivity contribution in [1.29, 1.82) is 0 Å². The number of benzene rings is 1. The normalized spacial score (nSPS) is 9.62. The first-order valence-corrected chi connectivity index (χ1v) is 6.21. The lowest BCUT2D eigenvalue weighted by atomic mass is 10.2. The van der Waals surface area contributed by atoms with Crippen LogP contribution in [0.15, 0.2) is 35.5 Å². The van der Waals surface area contributed by atoms with Crippen LogP contribution in [-0.4, -0.2) is 26.8 Å². The first-order chi connectivity index (χ1) is 7.59. The van der Waals surface area contributed by atoms with Crippen molar-refractivity contribution in [1.82, 2.24) is 0 Å². The van der Waals surface area contributed by atoms with Crippen LogP contribution >= 0.6 is 0 Å². The maximum Gasteiger partial charge on any atom is 0.335 e. The van der Waals surface area contributed by atoms with E-state index < -0.39 is 5.97 Å². The third-order valence-electron chi connectivity index (χ3n) is 1.81. The first-order valence-electron chi connectivity index (χ1n) is 4.92. The molecule has 1 aromatic rings. The summed E-state index contributed by atoms with van der Waals surface area (Å²) in [6.07, 6.45) is 0.637. The molecule has 3 nitrogen and oxygen atoms in total. The highest BCUT2D eigenvalue weighted by atomic mass is 28.2. The third kappa shape index (κ3) is 4.31. The Morgan fingerprint density at radius 1 is 1.38 bits per heavy atom. The van der Waals surface area contributed by atoms with Gasteiger partial charge in [-0.2, -0.15) is 0 Å². The molecule has 0 aromatic heterocycles. The average molecular weight is 234 g/mol. The highest BCUT2D eigenvalue weighted by molar-refractivity contribution is 6.42. The Morgan fingerprint density at radius 3 is 2.50 bits per heavy atom. The van der Waals surface area contributed by atoms with Gasteiger partial charge in [0.25, 0.3) is 0 Å². The van der Waals surface area contributed by atoms with Crippen LogP contribution in [0.2, 0.25) is 0 Å². The molecule has 1 N–H and O–H groups in total. The fourth-order valence-corrected chi connectivity index (χ4v) is 1.81. The summed E-state index contributed by atoms with van der Waals surface area (Å²) in [4.78, 5) is 10.6. The smallest absolute Gasteiger partial charge is 0.335 e. The van der Waals surface area contributed by atoms with Gasteiger partial charge in [-0.25, -0.2) is 4.79 Å². The van der Waals surface area contributed by atoms with Crippen molar-refractivity contribution >= 4 is 15.5 Å². The first kappa shape index (κ1) is 12.5. The van der Waals surface area contributed by atoms with E-state index in [4.69, 9.17) is 9.84 Å². The molecule has 0 saturated heterocycles. The zero-order chi connectivity index (χ0) is 12.0. The molecule has 0 bridgehead atoms. The fraction of sp³-hybridized carbons (Fsp3) is 0.250. The van der Waals surface area contributed by atoms with E-state index in [1.807, 2.05) is 0 Å². The van der Waals surface area contributed by atoms with Crippen molar-refractivity contribution in [3.63, 3.8) is 0 Å². The molecule has 0 fully saturated rings. The average Bonchev–Trinajstić information content (AvgIpc) is 2.25. The molecule has 1 aromatic carbocycles. The number of allylic oxidation sites excluding steroid dienone is 1. The molecule has 4 heteroatoms. The second kappa shape index (κ2) is 6.12. The summed E-state index contributed by atoms with van der Waals surface area (Å²) in [6, 6.07) is 6.44. The highest BCUT2D eigenvalue weighted by Crippen LogP contribution is 2.11. The minimum atomic E-state index is -0.919. The summed E-state index contributed by atoms with van der Waals surface area (Å²) in [5.74, 6) is -0.211. The molecule has 0 amide bonds. The van der Waals surface area contributed by atoms with Gasteiger partial charge >= 0.3 is 5.97 Å². The second-order valence-electron chi connectivity index (χ2n) is 3.54. The zero-order valence-electron chi connectivity index (χ0n) is 9.36. The summed E-state index contributed by atoms with van der Waals surface area (Å²) in [7, 11) is 0.630. The quantitative estimate of drug-likeness (QED) is 0.628. The van der Waals surface area contributed by atoms with E-state index >= 15 is 0 Å². The molecule has 0 aliphatic heterocycles. The Labute approximate surface area is 97.6 Å². The molecule has 16 heavy (non-hydrogen) atoms. The van der Waals surface area contributed by atoms with E-state index in [2.05, 4.69) is 19.5 Å². The van der Waals surface area contributed by atoms with Crippen LogP contribution in [0.3, 0.4) is 0 Å². The van der Waals surface area contributed by atoms with Gasteiger partial charge < -0.3 is 9.84 Å². The lowest BCUT2D eigenvalue weighted by molar-refractivity contribution is 0.0697. The Balaban J connectivity index is 2.44. The molecule has 2 radical (unpaired) electrons. The molecule has 0 aliphatic carbocycles. The number of carboxylic acids is 1. The minimum Gasteiger partial charge on any atom is -0.497 e. The molecule has 0 aliphatic rings. The minimum absolute atomic E-state index is 0.277.